The average molecular weight is 320 g/mol. The lowest BCUT2D eigenvalue weighted by molar-refractivity contribution is -0.387. The van der Waals surface area contributed by atoms with Crippen LogP contribution in [0.2, 0.25) is 0 Å². The first-order chi connectivity index (χ1) is 9.81. The molecular formula is C11H16N2O7S. The molecule has 0 aliphatic carbocycles. The van der Waals surface area contributed by atoms with E-state index in [2.05, 4.69) is 9.46 Å². The standard InChI is InChI=1S/C11H16N2O7S/c1-19-7-8(14)6-12-21(17,18)11-4-3-9(20-2)5-10(11)13(15)16/h3-5,8,12,14H,6-7H2,1-2H3. The van der Waals surface area contributed by atoms with Crippen LogP contribution in [-0.4, -0.2) is 51.9 Å². The normalized spacial score (nSPS) is 12.9. The maximum Gasteiger partial charge on any atom is 0.293 e. The highest BCUT2D eigenvalue weighted by atomic mass is 32.2. The zero-order valence-electron chi connectivity index (χ0n) is 11.5. The molecule has 1 aromatic carbocycles. The molecule has 10 heteroatoms. The van der Waals surface area contributed by atoms with E-state index >= 15 is 0 Å². The highest BCUT2D eigenvalue weighted by Crippen LogP contribution is 2.28. The zero-order chi connectivity index (χ0) is 16.0. The van der Waals surface area contributed by atoms with Gasteiger partial charge in [-0.25, -0.2) is 13.1 Å². The number of nitrogens with one attached hydrogen (secondary N) is 1. The Balaban J connectivity index is 3.05. The number of aliphatic hydroxyl groups excluding tert-OH is 1. The summed E-state index contributed by atoms with van der Waals surface area (Å²) in [6, 6.07) is 3.38. The maximum atomic E-state index is 12.1. The molecule has 1 rings (SSSR count). The Kier molecular flexibility index (Phi) is 6.03. The largest absolute Gasteiger partial charge is 0.497 e. The summed E-state index contributed by atoms with van der Waals surface area (Å²) in [4.78, 5) is 9.65. The van der Waals surface area contributed by atoms with Crippen molar-refractivity contribution in [1.82, 2.24) is 4.72 Å². The molecular weight excluding hydrogens is 304 g/mol. The number of aliphatic hydroxyl groups is 1. The van der Waals surface area contributed by atoms with E-state index < -0.39 is 31.6 Å². The average Bonchev–Trinajstić information content (AvgIpc) is 2.45. The summed E-state index contributed by atoms with van der Waals surface area (Å²) in [5, 5.41) is 20.4. The Morgan fingerprint density at radius 3 is 2.62 bits per heavy atom. The van der Waals surface area contributed by atoms with Gasteiger partial charge in [0.15, 0.2) is 4.90 Å². The van der Waals surface area contributed by atoms with Gasteiger partial charge in [-0.1, -0.05) is 0 Å². The molecule has 0 bridgehead atoms. The number of sulfonamides is 1. The molecule has 0 fully saturated rings. The van der Waals surface area contributed by atoms with Gasteiger partial charge in [0.2, 0.25) is 10.0 Å². The third-order valence-corrected chi connectivity index (χ3v) is 3.99. The molecule has 0 amide bonds. The number of hydrogen-bond acceptors (Lipinski definition) is 7. The lowest BCUT2D eigenvalue weighted by Crippen LogP contribution is -2.34. The minimum Gasteiger partial charge on any atom is -0.497 e. The van der Waals surface area contributed by atoms with Gasteiger partial charge in [-0.05, 0) is 12.1 Å². The van der Waals surface area contributed by atoms with Crippen LogP contribution in [0.4, 0.5) is 5.69 Å². The Hall–Kier alpha value is -1.75. The molecule has 21 heavy (non-hydrogen) atoms. The van der Waals surface area contributed by atoms with Crippen molar-refractivity contribution in [3.63, 3.8) is 0 Å². The van der Waals surface area contributed by atoms with Crippen LogP contribution in [0, 0.1) is 10.1 Å². The molecule has 118 valence electrons. The number of methoxy groups -OCH3 is 2. The van der Waals surface area contributed by atoms with Crippen LogP contribution in [0.15, 0.2) is 23.1 Å². The van der Waals surface area contributed by atoms with Gasteiger partial charge in [-0.3, -0.25) is 10.1 Å². The van der Waals surface area contributed by atoms with Gasteiger partial charge >= 0.3 is 0 Å². The molecule has 0 heterocycles. The van der Waals surface area contributed by atoms with Gasteiger partial charge in [0.1, 0.15) is 5.75 Å². The number of nitro benzene ring substituents is 1. The van der Waals surface area contributed by atoms with E-state index in [1.54, 1.807) is 0 Å². The van der Waals surface area contributed by atoms with Gasteiger partial charge in [-0.2, -0.15) is 0 Å². The fourth-order valence-corrected chi connectivity index (χ4v) is 2.75. The summed E-state index contributed by atoms with van der Waals surface area (Å²) in [7, 11) is -1.47. The van der Waals surface area contributed by atoms with Crippen molar-refractivity contribution in [3.05, 3.63) is 28.3 Å². The molecule has 0 aliphatic rings. The number of hydrogen-bond donors (Lipinski definition) is 2. The monoisotopic (exact) mass is 320 g/mol. The molecule has 0 saturated carbocycles. The van der Waals surface area contributed by atoms with Crippen molar-refractivity contribution in [2.75, 3.05) is 27.4 Å². The van der Waals surface area contributed by atoms with Gasteiger partial charge < -0.3 is 14.6 Å². The minimum atomic E-state index is -4.14. The SMILES string of the molecule is COCC(O)CNS(=O)(=O)c1ccc(OC)cc1[N+](=O)[O-]. The van der Waals surface area contributed by atoms with Crippen LogP contribution < -0.4 is 9.46 Å². The van der Waals surface area contributed by atoms with Crippen molar-refractivity contribution in [3.8, 4) is 5.75 Å². The number of rotatable bonds is 8. The second-order valence-electron chi connectivity index (χ2n) is 4.05. The van der Waals surface area contributed by atoms with E-state index in [1.165, 1.54) is 20.3 Å². The molecule has 1 unspecified atom stereocenters. The van der Waals surface area contributed by atoms with Gasteiger partial charge in [-0.15, -0.1) is 0 Å². The number of nitro groups is 1. The Morgan fingerprint density at radius 1 is 1.43 bits per heavy atom. The van der Waals surface area contributed by atoms with Crippen LogP contribution in [0.25, 0.3) is 0 Å². The number of ether oxygens (including phenoxy) is 2. The molecule has 2 N–H and O–H groups in total. The van der Waals surface area contributed by atoms with Gasteiger partial charge in [0, 0.05) is 13.7 Å². The van der Waals surface area contributed by atoms with Crippen molar-refractivity contribution >= 4 is 15.7 Å². The maximum absolute atomic E-state index is 12.1. The summed E-state index contributed by atoms with van der Waals surface area (Å²) < 4.78 is 35.7. The van der Waals surface area contributed by atoms with Crippen molar-refractivity contribution < 1.29 is 27.9 Å². The topological polar surface area (TPSA) is 128 Å². The third-order valence-electron chi connectivity index (χ3n) is 2.52. The Labute approximate surface area is 121 Å². The van der Waals surface area contributed by atoms with Crippen molar-refractivity contribution in [1.29, 1.82) is 0 Å². The fraction of sp³-hybridized carbons (Fsp3) is 0.455. The lowest BCUT2D eigenvalue weighted by atomic mass is 10.3. The molecule has 9 nitrogen and oxygen atoms in total. The first-order valence-electron chi connectivity index (χ1n) is 5.81. The van der Waals surface area contributed by atoms with Crippen LogP contribution in [0.3, 0.4) is 0 Å². The van der Waals surface area contributed by atoms with Gasteiger partial charge in [0.05, 0.1) is 30.8 Å². The number of benzene rings is 1. The van der Waals surface area contributed by atoms with E-state index in [4.69, 9.17) is 4.74 Å². The van der Waals surface area contributed by atoms with Crippen molar-refractivity contribution in [2.24, 2.45) is 0 Å². The smallest absolute Gasteiger partial charge is 0.293 e. The molecule has 1 atom stereocenters. The van der Waals surface area contributed by atoms with E-state index in [-0.39, 0.29) is 18.9 Å². The van der Waals surface area contributed by atoms with Crippen LogP contribution in [0.1, 0.15) is 0 Å². The molecule has 0 aromatic heterocycles. The molecule has 0 spiro atoms. The predicted molar refractivity (Wildman–Crippen MR) is 72.7 cm³/mol. The van der Waals surface area contributed by atoms with Gasteiger partial charge in [0.25, 0.3) is 5.69 Å². The highest BCUT2D eigenvalue weighted by Gasteiger charge is 2.26. The van der Waals surface area contributed by atoms with Crippen LogP contribution in [-0.2, 0) is 14.8 Å². The first-order valence-corrected chi connectivity index (χ1v) is 7.29. The fourth-order valence-electron chi connectivity index (χ4n) is 1.53. The summed E-state index contributed by atoms with van der Waals surface area (Å²) in [6.07, 6.45) is -1.05. The van der Waals surface area contributed by atoms with E-state index in [0.717, 1.165) is 12.1 Å². The van der Waals surface area contributed by atoms with Crippen LogP contribution in [0.5, 0.6) is 5.75 Å². The second-order valence-corrected chi connectivity index (χ2v) is 5.79. The summed E-state index contributed by atoms with van der Waals surface area (Å²) in [5.41, 5.74) is -0.608. The summed E-state index contributed by atoms with van der Waals surface area (Å²) in [5.74, 6) is 0.167. The minimum absolute atomic E-state index is 0.0623. The first kappa shape index (κ1) is 17.3. The van der Waals surface area contributed by atoms with E-state index in [9.17, 15) is 23.6 Å². The summed E-state index contributed by atoms with van der Waals surface area (Å²) >= 11 is 0. The predicted octanol–water partition coefficient (Wildman–Crippen LogP) is -0.111. The zero-order valence-corrected chi connectivity index (χ0v) is 12.3. The van der Waals surface area contributed by atoms with E-state index in [1.807, 2.05) is 0 Å². The van der Waals surface area contributed by atoms with Crippen molar-refractivity contribution in [2.45, 2.75) is 11.0 Å². The molecule has 1 aromatic rings. The molecule has 0 saturated heterocycles. The highest BCUT2D eigenvalue weighted by molar-refractivity contribution is 7.89. The second kappa shape index (κ2) is 7.31. The summed E-state index contributed by atoms with van der Waals surface area (Å²) in [6.45, 7) is -0.382. The molecule has 0 aliphatic heterocycles. The number of nitrogens with zero attached hydrogens (tertiary/aromatic N) is 1. The third kappa shape index (κ3) is 4.63. The lowest BCUT2D eigenvalue weighted by Gasteiger charge is -2.11. The van der Waals surface area contributed by atoms with Crippen LogP contribution >= 0.6 is 0 Å². The Bertz CT molecular complexity index is 603. The quantitative estimate of drug-likeness (QED) is 0.505. The van der Waals surface area contributed by atoms with E-state index in [0.29, 0.717) is 0 Å². The molecule has 0 radical (unpaired) electrons. The Morgan fingerprint density at radius 2 is 2.10 bits per heavy atom.